The lowest BCUT2D eigenvalue weighted by molar-refractivity contribution is -0.141. The summed E-state index contributed by atoms with van der Waals surface area (Å²) in [5.74, 6) is -0.700. The Morgan fingerprint density at radius 2 is 1.77 bits per heavy atom. The first-order valence-corrected chi connectivity index (χ1v) is 12.6. The first-order valence-electron chi connectivity index (χ1n) is 10.3. The third kappa shape index (κ3) is 7.15. The van der Waals surface area contributed by atoms with Gasteiger partial charge in [0.05, 0.1) is 18.0 Å². The summed E-state index contributed by atoms with van der Waals surface area (Å²) in [6, 6.07) is 10.9. The number of nitrogens with zero attached hydrogens (tertiary/aromatic N) is 1. The van der Waals surface area contributed by atoms with Crippen molar-refractivity contribution in [2.75, 3.05) is 6.54 Å². The van der Waals surface area contributed by atoms with Crippen LogP contribution in [0.5, 0.6) is 0 Å². The maximum absolute atomic E-state index is 13.1. The molecule has 0 saturated heterocycles. The molecule has 0 fully saturated rings. The van der Waals surface area contributed by atoms with Crippen molar-refractivity contribution < 1.29 is 18.0 Å². The molecule has 2 rings (SSSR count). The highest BCUT2D eigenvalue weighted by molar-refractivity contribution is 7.89. The SMILES string of the molecule is CC[C@H](C(=O)NC(C)(C)CC)N(Cc1cccs1)C(=O)CNS(=O)(=O)c1ccccc1. The van der Waals surface area contributed by atoms with Gasteiger partial charge in [-0.05, 0) is 50.3 Å². The lowest BCUT2D eigenvalue weighted by Gasteiger charge is -2.33. The van der Waals surface area contributed by atoms with Gasteiger partial charge in [-0.2, -0.15) is 0 Å². The van der Waals surface area contributed by atoms with Crippen molar-refractivity contribution in [3.05, 3.63) is 52.7 Å². The van der Waals surface area contributed by atoms with Crippen LogP contribution >= 0.6 is 11.3 Å². The molecule has 1 atom stereocenters. The quantitative estimate of drug-likeness (QED) is 0.533. The number of hydrogen-bond donors (Lipinski definition) is 2. The molecule has 7 nitrogen and oxygen atoms in total. The molecule has 0 aliphatic heterocycles. The van der Waals surface area contributed by atoms with Gasteiger partial charge < -0.3 is 10.2 Å². The zero-order chi connectivity index (χ0) is 23.1. The summed E-state index contributed by atoms with van der Waals surface area (Å²) in [5, 5.41) is 4.90. The number of amides is 2. The Kier molecular flexibility index (Phi) is 8.79. The fourth-order valence-electron chi connectivity index (χ4n) is 2.94. The fourth-order valence-corrected chi connectivity index (χ4v) is 4.63. The lowest BCUT2D eigenvalue weighted by Crippen LogP contribution is -2.55. The molecule has 9 heteroatoms. The van der Waals surface area contributed by atoms with Crippen LogP contribution in [0, 0.1) is 0 Å². The number of rotatable bonds is 11. The maximum atomic E-state index is 13.1. The predicted octanol–water partition coefficient (Wildman–Crippen LogP) is 3.14. The van der Waals surface area contributed by atoms with Gasteiger partial charge in [-0.25, -0.2) is 13.1 Å². The number of thiophene rings is 1. The third-order valence-corrected chi connectivity index (χ3v) is 7.38. The molecule has 2 amide bonds. The zero-order valence-corrected chi connectivity index (χ0v) is 20.1. The van der Waals surface area contributed by atoms with E-state index in [9.17, 15) is 18.0 Å². The first kappa shape index (κ1) is 25.0. The molecule has 2 N–H and O–H groups in total. The van der Waals surface area contributed by atoms with E-state index >= 15 is 0 Å². The minimum atomic E-state index is -3.83. The van der Waals surface area contributed by atoms with Crippen LogP contribution in [0.15, 0.2) is 52.7 Å². The molecule has 1 aromatic heterocycles. The predicted molar refractivity (Wildman–Crippen MR) is 123 cm³/mol. The van der Waals surface area contributed by atoms with Crippen molar-refractivity contribution in [3.8, 4) is 0 Å². The van der Waals surface area contributed by atoms with E-state index in [2.05, 4.69) is 10.0 Å². The Morgan fingerprint density at radius 3 is 2.32 bits per heavy atom. The Hall–Kier alpha value is -2.23. The molecule has 0 saturated carbocycles. The van der Waals surface area contributed by atoms with Crippen molar-refractivity contribution in [1.29, 1.82) is 0 Å². The number of nitrogens with one attached hydrogen (secondary N) is 2. The van der Waals surface area contributed by atoms with Crippen LogP contribution in [0.2, 0.25) is 0 Å². The summed E-state index contributed by atoms with van der Waals surface area (Å²) >= 11 is 1.48. The zero-order valence-electron chi connectivity index (χ0n) is 18.4. The number of sulfonamides is 1. The van der Waals surface area contributed by atoms with E-state index in [1.54, 1.807) is 18.2 Å². The lowest BCUT2D eigenvalue weighted by atomic mass is 10.0. The number of hydrogen-bond acceptors (Lipinski definition) is 5. The molecule has 31 heavy (non-hydrogen) atoms. The van der Waals surface area contributed by atoms with Crippen LogP contribution in [-0.2, 0) is 26.2 Å². The average molecular weight is 466 g/mol. The molecular formula is C22H31N3O4S2. The Morgan fingerprint density at radius 1 is 1.10 bits per heavy atom. The molecule has 0 aliphatic carbocycles. The van der Waals surface area contributed by atoms with Crippen LogP contribution in [0.4, 0.5) is 0 Å². The van der Waals surface area contributed by atoms with E-state index < -0.39 is 34.1 Å². The first-order chi connectivity index (χ1) is 14.6. The second-order valence-electron chi connectivity index (χ2n) is 7.89. The van der Waals surface area contributed by atoms with E-state index in [1.165, 1.54) is 28.4 Å². The summed E-state index contributed by atoms with van der Waals surface area (Å²) in [6.07, 6.45) is 1.15. The minimum absolute atomic E-state index is 0.0853. The van der Waals surface area contributed by atoms with Gasteiger partial charge >= 0.3 is 0 Å². The fraction of sp³-hybridized carbons (Fsp3) is 0.455. The van der Waals surface area contributed by atoms with Crippen molar-refractivity contribution in [3.63, 3.8) is 0 Å². The Bertz CT molecular complexity index is 958. The summed E-state index contributed by atoms with van der Waals surface area (Å²) in [5.41, 5.74) is -0.406. The van der Waals surface area contributed by atoms with Gasteiger partial charge in [0.15, 0.2) is 0 Å². The largest absolute Gasteiger partial charge is 0.349 e. The third-order valence-electron chi connectivity index (χ3n) is 5.10. The maximum Gasteiger partial charge on any atom is 0.243 e. The molecule has 0 unspecified atom stereocenters. The van der Waals surface area contributed by atoms with Crippen molar-refractivity contribution in [2.24, 2.45) is 0 Å². The molecule has 0 radical (unpaired) electrons. The van der Waals surface area contributed by atoms with Crippen LogP contribution in [-0.4, -0.2) is 43.3 Å². The van der Waals surface area contributed by atoms with E-state index in [1.807, 2.05) is 45.2 Å². The van der Waals surface area contributed by atoms with Crippen LogP contribution < -0.4 is 10.0 Å². The van der Waals surface area contributed by atoms with E-state index in [4.69, 9.17) is 0 Å². The van der Waals surface area contributed by atoms with E-state index in [-0.39, 0.29) is 17.3 Å². The van der Waals surface area contributed by atoms with Gasteiger partial charge in [-0.15, -0.1) is 11.3 Å². The van der Waals surface area contributed by atoms with Gasteiger partial charge in [-0.1, -0.05) is 38.1 Å². The summed E-state index contributed by atoms with van der Waals surface area (Å²) in [7, 11) is -3.83. The molecule has 170 valence electrons. The number of carbonyl (C=O) groups is 2. The Balaban J connectivity index is 2.21. The summed E-state index contributed by atoms with van der Waals surface area (Å²) in [4.78, 5) is 28.6. The molecular weight excluding hydrogens is 434 g/mol. The van der Waals surface area contributed by atoms with Gasteiger partial charge in [0, 0.05) is 10.4 Å². The van der Waals surface area contributed by atoms with Crippen molar-refractivity contribution in [1.82, 2.24) is 14.9 Å². The van der Waals surface area contributed by atoms with Gasteiger partial charge in [0.2, 0.25) is 21.8 Å². The normalized spacial score (nSPS) is 12.9. The summed E-state index contributed by atoms with van der Waals surface area (Å²) < 4.78 is 27.4. The smallest absolute Gasteiger partial charge is 0.243 e. The van der Waals surface area contributed by atoms with Crippen LogP contribution in [0.1, 0.15) is 45.4 Å². The van der Waals surface area contributed by atoms with Crippen LogP contribution in [0.25, 0.3) is 0 Å². The number of benzene rings is 1. The topological polar surface area (TPSA) is 95.6 Å². The Labute approximate surface area is 188 Å². The highest BCUT2D eigenvalue weighted by Crippen LogP contribution is 2.18. The van der Waals surface area contributed by atoms with Gasteiger partial charge in [-0.3, -0.25) is 9.59 Å². The minimum Gasteiger partial charge on any atom is -0.349 e. The van der Waals surface area contributed by atoms with Crippen molar-refractivity contribution in [2.45, 2.75) is 63.6 Å². The van der Waals surface area contributed by atoms with Crippen molar-refractivity contribution >= 4 is 33.2 Å². The van der Waals surface area contributed by atoms with E-state index in [0.717, 1.165) is 11.3 Å². The molecule has 1 aromatic carbocycles. The molecule has 0 spiro atoms. The second-order valence-corrected chi connectivity index (χ2v) is 10.7. The molecule has 0 bridgehead atoms. The highest BCUT2D eigenvalue weighted by Gasteiger charge is 2.32. The molecule has 1 heterocycles. The molecule has 2 aromatic rings. The molecule has 0 aliphatic rings. The summed E-state index contributed by atoms with van der Waals surface area (Å²) in [6.45, 7) is 7.49. The monoisotopic (exact) mass is 465 g/mol. The number of carbonyl (C=O) groups excluding carboxylic acids is 2. The average Bonchev–Trinajstić information content (AvgIpc) is 3.25. The van der Waals surface area contributed by atoms with Crippen LogP contribution in [0.3, 0.4) is 0 Å². The van der Waals surface area contributed by atoms with Gasteiger partial charge in [0.25, 0.3) is 0 Å². The van der Waals surface area contributed by atoms with Gasteiger partial charge in [0.1, 0.15) is 6.04 Å². The second kappa shape index (κ2) is 10.9. The highest BCUT2D eigenvalue weighted by atomic mass is 32.2. The standard InChI is InChI=1S/C22H31N3O4S2/c1-5-19(21(27)24-22(3,4)6-2)25(16-17-11-10-14-30-17)20(26)15-23-31(28,29)18-12-8-7-9-13-18/h7-14,19,23H,5-6,15-16H2,1-4H3,(H,24,27)/t19-/m1/s1. The van der Waals surface area contributed by atoms with E-state index in [0.29, 0.717) is 6.42 Å².